The Morgan fingerprint density at radius 1 is 0.656 bits per heavy atom. The first kappa shape index (κ1) is 53.0. The lowest BCUT2D eigenvalue weighted by molar-refractivity contribution is -0.171. The van der Waals surface area contributed by atoms with Gasteiger partial charge in [-0.15, -0.1) is 10.1 Å². The van der Waals surface area contributed by atoms with Crippen molar-refractivity contribution < 1.29 is 76.6 Å². The predicted molar refractivity (Wildman–Crippen MR) is 225 cm³/mol. The molecule has 2 aliphatic rings. The SMILES string of the molecule is CCSSC[C@H](NC(=O)[C@H](CCCCNC(=O)CON1C(=O)c2ccccc2C1=O)NC(=O)COCCOCCNC(=O)COCCOCCNC(=O)ON1C(=O)CCC1=O)C(N)=O. The van der Waals surface area contributed by atoms with Crippen LogP contribution in [0, 0.1) is 0 Å². The van der Waals surface area contributed by atoms with E-state index in [1.165, 1.54) is 33.7 Å². The molecular weight excluding hydrogens is 889 g/mol. The number of benzene rings is 1. The lowest BCUT2D eigenvalue weighted by Gasteiger charge is -2.22. The van der Waals surface area contributed by atoms with Crippen molar-refractivity contribution in [1.82, 2.24) is 36.7 Å². The van der Waals surface area contributed by atoms with Gasteiger partial charge in [0.1, 0.15) is 25.3 Å². The van der Waals surface area contributed by atoms with E-state index in [0.717, 1.165) is 5.75 Å². The van der Waals surface area contributed by atoms with Crippen molar-refractivity contribution in [3.05, 3.63) is 35.4 Å². The molecule has 0 bridgehead atoms. The number of ether oxygens (including phenoxy) is 4. The van der Waals surface area contributed by atoms with Crippen LogP contribution in [0.2, 0.25) is 0 Å². The lowest BCUT2D eigenvalue weighted by atomic mass is 10.1. The Balaban J connectivity index is 1.25. The van der Waals surface area contributed by atoms with Crippen LogP contribution in [0.5, 0.6) is 0 Å². The Hall–Kier alpha value is -5.38. The summed E-state index contributed by atoms with van der Waals surface area (Å²) < 4.78 is 21.3. The molecule has 0 radical (unpaired) electrons. The highest BCUT2D eigenvalue weighted by Gasteiger charge is 2.37. The number of carbonyl (C=O) groups is 10. The number of rotatable bonds is 33. The van der Waals surface area contributed by atoms with Crippen molar-refractivity contribution in [2.75, 3.05) is 90.6 Å². The number of hydroxylamine groups is 4. The number of nitrogens with two attached hydrogens (primary N) is 1. The van der Waals surface area contributed by atoms with Gasteiger partial charge in [-0.2, -0.15) is 0 Å². The van der Waals surface area contributed by atoms with Gasteiger partial charge in [0.05, 0.1) is 50.8 Å². The first-order chi connectivity index (χ1) is 30.8. The molecule has 3 rings (SSSR count). The maximum Gasteiger partial charge on any atom is 0.432 e. The van der Waals surface area contributed by atoms with Crippen LogP contribution in [0.1, 0.15) is 59.7 Å². The predicted octanol–water partition coefficient (Wildman–Crippen LogP) is -1.67. The molecule has 2 aliphatic heterocycles. The zero-order chi connectivity index (χ0) is 46.7. The van der Waals surface area contributed by atoms with Crippen LogP contribution in [0.3, 0.4) is 0 Å². The average Bonchev–Trinajstić information content (AvgIpc) is 3.71. The Morgan fingerprint density at radius 3 is 1.83 bits per heavy atom. The van der Waals surface area contributed by atoms with E-state index in [9.17, 15) is 47.9 Å². The Morgan fingerprint density at radius 2 is 1.22 bits per heavy atom. The third-order valence-electron chi connectivity index (χ3n) is 8.55. The topological polar surface area (TPSA) is 319 Å². The standard InChI is InChI=1S/C38H54N8O16S2/c1-2-63-64-24-28(34(39)52)44-35(53)27(9-5-6-12-40-30(48)23-61-46-36(54)25-7-3-4-8-26(25)37(46)55)43-31(49)22-60-20-18-57-15-13-41-29(47)21-59-19-17-58-16-14-42-38(56)62-45-32(50)10-11-33(45)51/h3-4,7-8,27-28H,2,5-6,9-24H2,1H3,(H2,39,52)(H,40,48)(H,41,47)(H,42,56)(H,43,49)(H,44,53)/t27-,28-/m0/s1. The molecule has 1 fully saturated rings. The van der Waals surface area contributed by atoms with E-state index in [1.807, 2.05) is 6.92 Å². The molecule has 10 amide bonds. The van der Waals surface area contributed by atoms with Crippen LogP contribution in [0.15, 0.2) is 24.3 Å². The maximum absolute atomic E-state index is 13.2. The van der Waals surface area contributed by atoms with Crippen LogP contribution >= 0.6 is 21.6 Å². The normalized spacial score (nSPS) is 14.2. The van der Waals surface area contributed by atoms with Crippen molar-refractivity contribution in [3.8, 4) is 0 Å². The summed E-state index contributed by atoms with van der Waals surface area (Å²) in [4.78, 5) is 132. The fourth-order valence-electron chi connectivity index (χ4n) is 5.41. The molecule has 24 nitrogen and oxygen atoms in total. The van der Waals surface area contributed by atoms with E-state index in [-0.39, 0.29) is 102 Å². The minimum Gasteiger partial charge on any atom is -0.377 e. The summed E-state index contributed by atoms with van der Waals surface area (Å²) in [6.45, 7) is 1.61. The van der Waals surface area contributed by atoms with Gasteiger partial charge in [0, 0.05) is 44.0 Å². The molecule has 0 unspecified atom stereocenters. The van der Waals surface area contributed by atoms with Crippen LogP contribution < -0.4 is 32.3 Å². The van der Waals surface area contributed by atoms with Crippen molar-refractivity contribution in [2.45, 2.75) is 51.1 Å². The molecule has 354 valence electrons. The second-order valence-corrected chi connectivity index (χ2v) is 16.2. The Bertz CT molecular complexity index is 1740. The zero-order valence-corrected chi connectivity index (χ0v) is 36.9. The van der Waals surface area contributed by atoms with E-state index < -0.39 is 84.6 Å². The third kappa shape index (κ3) is 19.6. The fourth-order valence-corrected chi connectivity index (χ4v) is 7.26. The molecule has 7 N–H and O–H groups in total. The number of amides is 10. The number of nitrogens with one attached hydrogen (secondary N) is 5. The minimum atomic E-state index is -1.07. The highest BCUT2D eigenvalue weighted by atomic mass is 33.1. The number of hydrogen-bond donors (Lipinski definition) is 6. The molecule has 2 atom stereocenters. The van der Waals surface area contributed by atoms with Gasteiger partial charge in [-0.05, 0) is 31.4 Å². The monoisotopic (exact) mass is 942 g/mol. The molecule has 64 heavy (non-hydrogen) atoms. The summed E-state index contributed by atoms with van der Waals surface area (Å²) >= 11 is 0. The van der Waals surface area contributed by atoms with E-state index in [2.05, 4.69) is 31.4 Å². The van der Waals surface area contributed by atoms with Gasteiger partial charge in [0.15, 0.2) is 6.61 Å². The quantitative estimate of drug-likeness (QED) is 0.0261. The van der Waals surface area contributed by atoms with Gasteiger partial charge in [-0.25, -0.2) is 4.79 Å². The maximum atomic E-state index is 13.2. The number of imide groups is 2. The van der Waals surface area contributed by atoms with Gasteiger partial charge in [0.25, 0.3) is 23.6 Å². The molecule has 1 aromatic carbocycles. The Labute approximate surface area is 376 Å². The van der Waals surface area contributed by atoms with Gasteiger partial charge in [0.2, 0.25) is 29.5 Å². The minimum absolute atomic E-state index is 0.0118. The molecule has 26 heteroatoms. The summed E-state index contributed by atoms with van der Waals surface area (Å²) in [5, 5.41) is 13.7. The molecule has 2 heterocycles. The number of unbranched alkanes of at least 4 members (excludes halogenated alkanes) is 1. The van der Waals surface area contributed by atoms with Crippen LogP contribution in [-0.4, -0.2) is 172 Å². The molecule has 0 spiro atoms. The van der Waals surface area contributed by atoms with Gasteiger partial charge >= 0.3 is 6.09 Å². The van der Waals surface area contributed by atoms with Crippen molar-refractivity contribution >= 4 is 80.8 Å². The van der Waals surface area contributed by atoms with Gasteiger partial charge < -0.3 is 56.1 Å². The first-order valence-electron chi connectivity index (χ1n) is 20.2. The van der Waals surface area contributed by atoms with Crippen LogP contribution in [0.25, 0.3) is 0 Å². The van der Waals surface area contributed by atoms with Crippen LogP contribution in [-0.2, 0) is 62.2 Å². The largest absolute Gasteiger partial charge is 0.432 e. The van der Waals surface area contributed by atoms with E-state index in [0.29, 0.717) is 23.0 Å². The van der Waals surface area contributed by atoms with E-state index in [1.54, 1.807) is 12.1 Å². The smallest absolute Gasteiger partial charge is 0.377 e. The van der Waals surface area contributed by atoms with Gasteiger partial charge in [-0.1, -0.05) is 40.6 Å². The zero-order valence-electron chi connectivity index (χ0n) is 35.2. The number of carbonyl (C=O) groups excluding carboxylic acids is 10. The first-order valence-corrected chi connectivity index (χ1v) is 22.7. The molecule has 1 aromatic rings. The van der Waals surface area contributed by atoms with Gasteiger partial charge in [-0.3, -0.25) is 48.0 Å². The summed E-state index contributed by atoms with van der Waals surface area (Å²) in [5.41, 5.74) is 5.86. The average molecular weight is 943 g/mol. The van der Waals surface area contributed by atoms with Crippen molar-refractivity contribution in [3.63, 3.8) is 0 Å². The van der Waals surface area contributed by atoms with Crippen molar-refractivity contribution in [1.29, 1.82) is 0 Å². The summed E-state index contributed by atoms with van der Waals surface area (Å²) in [5.74, 6) is -4.51. The molecule has 0 saturated carbocycles. The summed E-state index contributed by atoms with van der Waals surface area (Å²) in [7, 11) is 2.85. The second kappa shape index (κ2) is 29.9. The number of nitrogens with zero attached hydrogens (tertiary/aromatic N) is 2. The number of fused-ring (bicyclic) bond motifs is 1. The van der Waals surface area contributed by atoms with Crippen LogP contribution in [0.4, 0.5) is 4.79 Å². The molecule has 0 aromatic heterocycles. The highest BCUT2D eigenvalue weighted by Crippen LogP contribution is 2.23. The second-order valence-electron chi connectivity index (χ2n) is 13.4. The lowest BCUT2D eigenvalue weighted by Crippen LogP contribution is -2.54. The molecular formula is C38H54N8O16S2. The molecule has 0 aliphatic carbocycles. The summed E-state index contributed by atoms with van der Waals surface area (Å²) in [6, 6.07) is 4.11. The summed E-state index contributed by atoms with van der Waals surface area (Å²) in [6.07, 6.45) is -0.145. The number of hydrogen-bond acceptors (Lipinski definition) is 18. The van der Waals surface area contributed by atoms with E-state index >= 15 is 0 Å². The Kier molecular flexibility index (Phi) is 24.7. The third-order valence-corrected chi connectivity index (χ3v) is 11.0. The number of primary amides is 1. The van der Waals surface area contributed by atoms with Crippen molar-refractivity contribution in [2.24, 2.45) is 5.73 Å². The highest BCUT2D eigenvalue weighted by molar-refractivity contribution is 8.76. The van der Waals surface area contributed by atoms with E-state index in [4.69, 9.17) is 29.5 Å². The molecule has 1 saturated heterocycles. The fraction of sp³-hybridized carbons (Fsp3) is 0.579.